The topological polar surface area (TPSA) is 184 Å². The van der Waals surface area contributed by atoms with Crippen molar-refractivity contribution in [2.75, 3.05) is 39.2 Å². The van der Waals surface area contributed by atoms with Crippen molar-refractivity contribution in [1.82, 2.24) is 29.4 Å². The molecule has 2 aromatic heterocycles. The third-order valence-electron chi connectivity index (χ3n) is 4.38. The summed E-state index contributed by atoms with van der Waals surface area (Å²) in [5, 5.41) is 5.34. The molecule has 0 bridgehead atoms. The number of ether oxygens (including phenoxy) is 3. The number of aryl methyl sites for hydroxylation is 1. The Kier molecular flexibility index (Phi) is 13.9. The summed E-state index contributed by atoms with van der Waals surface area (Å²) in [5.41, 5.74) is -0.316. The van der Waals surface area contributed by atoms with Crippen molar-refractivity contribution in [1.29, 1.82) is 0 Å². The van der Waals surface area contributed by atoms with E-state index >= 15 is 0 Å². The normalized spacial score (nSPS) is 10.5. The fraction of sp³-hybridized carbons (Fsp3) is 0.364. The van der Waals surface area contributed by atoms with Gasteiger partial charge in [0.25, 0.3) is 15.9 Å². The Hall–Kier alpha value is -3.89. The Balaban J connectivity index is 0.000000562. The van der Waals surface area contributed by atoms with Gasteiger partial charge in [-0.05, 0) is 6.92 Å². The van der Waals surface area contributed by atoms with Crippen molar-refractivity contribution in [2.45, 2.75) is 16.8 Å². The van der Waals surface area contributed by atoms with E-state index in [1.165, 1.54) is 32.2 Å². The lowest BCUT2D eigenvalue weighted by Crippen LogP contribution is -2.36. The zero-order chi connectivity index (χ0) is 30.5. The quantitative estimate of drug-likeness (QED) is 0.200. The number of hydrogen-bond donors (Lipinski definition) is 2. The van der Waals surface area contributed by atoms with Crippen LogP contribution in [-0.4, -0.2) is 89.7 Å². The number of carbonyl (C=O) groups is 3. The van der Waals surface area contributed by atoms with E-state index in [-0.39, 0.29) is 35.8 Å². The van der Waals surface area contributed by atoms with Crippen molar-refractivity contribution in [3.8, 4) is 11.8 Å². The highest BCUT2D eigenvalue weighted by Crippen LogP contribution is 2.18. The minimum absolute atomic E-state index is 0.0378. The van der Waals surface area contributed by atoms with Gasteiger partial charge in [0.05, 0.1) is 33.1 Å². The number of hydrogen-bond acceptors (Lipinski definition) is 11. The van der Waals surface area contributed by atoms with Crippen LogP contribution < -0.4 is 19.5 Å². The van der Waals surface area contributed by atoms with Gasteiger partial charge in [0, 0.05) is 20.1 Å². The van der Waals surface area contributed by atoms with Crippen molar-refractivity contribution in [2.24, 2.45) is 7.05 Å². The lowest BCUT2D eigenvalue weighted by Gasteiger charge is -2.19. The number of rotatable bonds is 12. The molecule has 0 aliphatic heterocycles. The van der Waals surface area contributed by atoms with Gasteiger partial charge in [-0.3, -0.25) is 14.8 Å². The van der Waals surface area contributed by atoms with Crippen LogP contribution in [0, 0.1) is 0 Å². The number of halogens is 2. The molecule has 0 saturated carbocycles. The number of alkyl halides is 2. The minimum Gasteiger partial charge on any atom is -0.481 e. The SMILES string of the molecule is C=CCN(CC=C)C(=O)C(Cl)Cl.CCOC(=O)c1cnn(C)c1S(=O)(=O)NC(=O)Nc1nc(OC)cc(OC)n1. The Morgan fingerprint density at radius 2 is 1.68 bits per heavy atom. The van der Waals surface area contributed by atoms with Gasteiger partial charge in [-0.1, -0.05) is 35.4 Å². The van der Waals surface area contributed by atoms with Gasteiger partial charge in [-0.2, -0.15) is 23.5 Å². The first-order chi connectivity index (χ1) is 18.8. The van der Waals surface area contributed by atoms with E-state index in [9.17, 15) is 22.8 Å². The maximum absolute atomic E-state index is 12.6. The van der Waals surface area contributed by atoms with Crippen LogP contribution in [0.2, 0.25) is 0 Å². The number of carbonyl (C=O) groups excluding carboxylic acids is 3. The number of nitrogens with zero attached hydrogens (tertiary/aromatic N) is 5. The molecule has 2 N–H and O–H groups in total. The summed E-state index contributed by atoms with van der Waals surface area (Å²) in [5.74, 6) is -1.31. The van der Waals surface area contributed by atoms with Crippen LogP contribution in [0.4, 0.5) is 10.7 Å². The number of aromatic nitrogens is 4. The molecule has 3 amide bonds. The third kappa shape index (κ3) is 10.0. The van der Waals surface area contributed by atoms with E-state index in [0.29, 0.717) is 13.1 Å². The van der Waals surface area contributed by atoms with E-state index in [0.717, 1.165) is 10.9 Å². The molecular formula is C22H29Cl2N7O8S. The molecule has 0 fully saturated rings. The Bertz CT molecular complexity index is 1290. The van der Waals surface area contributed by atoms with E-state index in [1.807, 2.05) is 0 Å². The average Bonchev–Trinajstić information content (AvgIpc) is 3.30. The molecule has 40 heavy (non-hydrogen) atoms. The minimum atomic E-state index is -4.47. The Morgan fingerprint density at radius 1 is 1.12 bits per heavy atom. The number of sulfonamides is 1. The van der Waals surface area contributed by atoms with Crippen molar-refractivity contribution >= 4 is 57.1 Å². The summed E-state index contributed by atoms with van der Waals surface area (Å²) in [7, 11) is -0.491. The first-order valence-corrected chi connectivity index (χ1v) is 13.5. The lowest BCUT2D eigenvalue weighted by atomic mass is 10.4. The van der Waals surface area contributed by atoms with Gasteiger partial charge in [0.15, 0.2) is 9.86 Å². The summed E-state index contributed by atoms with van der Waals surface area (Å²) in [6.45, 7) is 9.49. The number of anilines is 1. The standard InChI is InChI=1S/C14H18N6O7S.C8H11Cl2NO/c1-5-27-12(21)8-7-15-20(2)11(8)28(23,24)19-14(22)18-13-16-9(25-3)6-10(17-13)26-4;1-3-5-11(6-4-2)8(12)7(9)10/h6-7H,5H2,1-4H3,(H2,16,17,18,19,22);3-4,7H,1-2,5-6H2. The van der Waals surface area contributed by atoms with Gasteiger partial charge >= 0.3 is 12.0 Å². The predicted octanol–water partition coefficient (Wildman–Crippen LogP) is 1.91. The molecule has 2 heterocycles. The van der Waals surface area contributed by atoms with Crippen LogP contribution in [0.3, 0.4) is 0 Å². The van der Waals surface area contributed by atoms with Crippen LogP contribution in [0.1, 0.15) is 17.3 Å². The molecule has 0 unspecified atom stereocenters. The molecule has 0 radical (unpaired) electrons. The maximum atomic E-state index is 12.6. The lowest BCUT2D eigenvalue weighted by molar-refractivity contribution is -0.128. The van der Waals surface area contributed by atoms with Crippen LogP contribution in [0.25, 0.3) is 0 Å². The second-order valence-electron chi connectivity index (χ2n) is 7.16. The molecule has 2 rings (SSSR count). The Labute approximate surface area is 241 Å². The first kappa shape index (κ1) is 34.1. The van der Waals surface area contributed by atoms with Gasteiger partial charge in [-0.25, -0.2) is 14.3 Å². The van der Waals surface area contributed by atoms with Gasteiger partial charge in [0.1, 0.15) is 5.56 Å². The summed E-state index contributed by atoms with van der Waals surface area (Å²) < 4.78 is 42.5. The second-order valence-corrected chi connectivity index (χ2v) is 9.86. The molecule has 15 nitrogen and oxygen atoms in total. The molecule has 0 atom stereocenters. The fourth-order valence-electron chi connectivity index (χ4n) is 2.76. The number of esters is 1. The highest BCUT2D eigenvalue weighted by molar-refractivity contribution is 7.90. The zero-order valence-electron chi connectivity index (χ0n) is 22.1. The smallest absolute Gasteiger partial charge is 0.342 e. The molecule has 0 spiro atoms. The number of urea groups is 1. The van der Waals surface area contributed by atoms with Crippen LogP contribution in [0.5, 0.6) is 11.8 Å². The van der Waals surface area contributed by atoms with Crippen LogP contribution in [0.15, 0.2) is 42.6 Å². The first-order valence-electron chi connectivity index (χ1n) is 11.1. The predicted molar refractivity (Wildman–Crippen MR) is 146 cm³/mol. The largest absolute Gasteiger partial charge is 0.481 e. The van der Waals surface area contributed by atoms with Crippen LogP contribution in [-0.2, 0) is 26.6 Å². The summed E-state index contributed by atoms with van der Waals surface area (Å²) in [4.78, 5) is 43.4. The third-order valence-corrected chi connectivity index (χ3v) is 6.20. The summed E-state index contributed by atoms with van der Waals surface area (Å²) in [6.07, 6.45) is 4.25. The van der Waals surface area contributed by atoms with E-state index < -0.39 is 31.9 Å². The van der Waals surface area contributed by atoms with Crippen molar-refractivity contribution in [3.63, 3.8) is 0 Å². The fourth-order valence-corrected chi connectivity index (χ4v) is 4.25. The molecule has 0 saturated heterocycles. The summed E-state index contributed by atoms with van der Waals surface area (Å²) in [6, 6.07) is 0.187. The number of methoxy groups -OCH3 is 2. The Morgan fingerprint density at radius 3 is 2.12 bits per heavy atom. The maximum Gasteiger partial charge on any atom is 0.342 e. The zero-order valence-corrected chi connectivity index (χ0v) is 24.4. The molecule has 220 valence electrons. The van der Waals surface area contributed by atoms with E-state index in [2.05, 4.69) is 33.5 Å². The molecular weight excluding hydrogens is 593 g/mol. The molecule has 18 heteroatoms. The number of nitrogens with one attached hydrogen (secondary N) is 2. The van der Waals surface area contributed by atoms with Crippen molar-refractivity contribution < 1.29 is 37.0 Å². The molecule has 0 aliphatic rings. The average molecular weight is 622 g/mol. The second kappa shape index (κ2) is 16.3. The number of amides is 3. The van der Waals surface area contributed by atoms with Crippen molar-refractivity contribution in [3.05, 3.63) is 43.1 Å². The van der Waals surface area contributed by atoms with E-state index in [4.69, 9.17) is 37.4 Å². The highest BCUT2D eigenvalue weighted by atomic mass is 35.5. The van der Waals surface area contributed by atoms with Crippen LogP contribution >= 0.6 is 23.2 Å². The molecule has 0 aromatic carbocycles. The highest BCUT2D eigenvalue weighted by Gasteiger charge is 2.30. The monoisotopic (exact) mass is 621 g/mol. The summed E-state index contributed by atoms with van der Waals surface area (Å²) >= 11 is 10.8. The van der Waals surface area contributed by atoms with Gasteiger partial charge < -0.3 is 19.1 Å². The van der Waals surface area contributed by atoms with Gasteiger partial charge in [-0.15, -0.1) is 13.2 Å². The van der Waals surface area contributed by atoms with Gasteiger partial charge in [0.2, 0.25) is 17.7 Å². The molecule has 2 aromatic rings. The van der Waals surface area contributed by atoms with E-state index in [1.54, 1.807) is 23.8 Å². The molecule has 0 aliphatic carbocycles.